The summed E-state index contributed by atoms with van der Waals surface area (Å²) in [5, 5.41) is 0. The van der Waals surface area contributed by atoms with E-state index in [4.69, 9.17) is 0 Å². The summed E-state index contributed by atoms with van der Waals surface area (Å²) in [5.74, 6) is 0.0308. The van der Waals surface area contributed by atoms with Crippen LogP contribution in [0.1, 0.15) is 23.8 Å². The molecule has 0 bridgehead atoms. The van der Waals surface area contributed by atoms with Gasteiger partial charge in [-0.3, -0.25) is 9.78 Å². The number of nitrogens with zero attached hydrogens (tertiary/aromatic N) is 4. The minimum Gasteiger partial charge on any atom is -0.378 e. The first-order valence-corrected chi connectivity index (χ1v) is 8.84. The van der Waals surface area contributed by atoms with Crippen molar-refractivity contribution in [2.45, 2.75) is 19.4 Å². The van der Waals surface area contributed by atoms with E-state index in [9.17, 15) is 4.79 Å². The minimum absolute atomic E-state index is 0.0308. The first-order chi connectivity index (χ1) is 12.1. The van der Waals surface area contributed by atoms with Gasteiger partial charge in [-0.15, -0.1) is 0 Å². The second kappa shape index (κ2) is 7.55. The van der Waals surface area contributed by atoms with Crippen molar-refractivity contribution in [3.8, 4) is 0 Å². The number of amides is 1. The molecular weight excluding hydrogens is 312 g/mol. The molecule has 1 atom stereocenters. The number of piperazine rings is 1. The van der Waals surface area contributed by atoms with Crippen molar-refractivity contribution in [2.24, 2.45) is 0 Å². The molecule has 0 N–H and O–H groups in total. The van der Waals surface area contributed by atoms with Crippen LogP contribution in [0.5, 0.6) is 0 Å². The van der Waals surface area contributed by atoms with E-state index in [1.165, 1.54) is 5.69 Å². The van der Waals surface area contributed by atoms with Crippen LogP contribution < -0.4 is 9.80 Å². The Kier molecular flexibility index (Phi) is 5.22. The number of pyridine rings is 1. The van der Waals surface area contributed by atoms with E-state index in [0.29, 0.717) is 5.69 Å². The monoisotopic (exact) mass is 338 g/mol. The maximum Gasteiger partial charge on any atom is 0.272 e. The van der Waals surface area contributed by atoms with Crippen LogP contribution in [-0.4, -0.2) is 55.6 Å². The van der Waals surface area contributed by atoms with E-state index in [-0.39, 0.29) is 11.9 Å². The predicted octanol–water partition coefficient (Wildman–Crippen LogP) is 2.89. The van der Waals surface area contributed by atoms with E-state index >= 15 is 0 Å². The molecule has 0 spiro atoms. The van der Waals surface area contributed by atoms with Crippen molar-refractivity contribution >= 4 is 17.3 Å². The fourth-order valence-corrected chi connectivity index (χ4v) is 3.31. The Morgan fingerprint density at radius 1 is 1.20 bits per heavy atom. The molecule has 2 heterocycles. The van der Waals surface area contributed by atoms with Gasteiger partial charge in [0, 0.05) is 57.3 Å². The molecule has 1 aliphatic rings. The van der Waals surface area contributed by atoms with Crippen LogP contribution in [0.2, 0.25) is 0 Å². The molecule has 132 valence electrons. The van der Waals surface area contributed by atoms with Crippen molar-refractivity contribution in [1.29, 1.82) is 0 Å². The lowest BCUT2D eigenvalue weighted by molar-refractivity contribution is 0.0646. The van der Waals surface area contributed by atoms with Crippen molar-refractivity contribution in [3.05, 3.63) is 54.4 Å². The van der Waals surface area contributed by atoms with E-state index in [2.05, 4.69) is 41.1 Å². The summed E-state index contributed by atoms with van der Waals surface area (Å²) in [5.41, 5.74) is 2.74. The quantitative estimate of drug-likeness (QED) is 0.859. The fraction of sp³-hybridized carbons (Fsp3) is 0.400. The lowest BCUT2D eigenvalue weighted by Crippen LogP contribution is -2.55. The van der Waals surface area contributed by atoms with E-state index < -0.39 is 0 Å². The topological polar surface area (TPSA) is 39.7 Å². The molecular formula is C20H26N4O. The van der Waals surface area contributed by atoms with Crippen molar-refractivity contribution in [1.82, 2.24) is 9.88 Å². The van der Waals surface area contributed by atoms with Crippen LogP contribution in [-0.2, 0) is 0 Å². The molecule has 1 fully saturated rings. The Morgan fingerprint density at radius 2 is 1.96 bits per heavy atom. The second-order valence-corrected chi connectivity index (χ2v) is 6.64. The van der Waals surface area contributed by atoms with Gasteiger partial charge in [-0.1, -0.05) is 25.1 Å². The standard InChI is InChI=1S/C20H26N4O/c1-4-16-15-23(17-8-6-5-7-9-17)12-13-24(16)20(25)19-14-18(22(2)3)10-11-21-19/h5-11,14,16H,4,12-13,15H2,1-3H3. The molecule has 1 amide bonds. The SMILES string of the molecule is CCC1CN(c2ccccc2)CCN1C(=O)c1cc(N(C)C)ccn1. The molecule has 1 aromatic carbocycles. The predicted molar refractivity (Wildman–Crippen MR) is 102 cm³/mol. The van der Waals surface area contributed by atoms with Gasteiger partial charge in [-0.2, -0.15) is 0 Å². The van der Waals surface area contributed by atoms with Gasteiger partial charge in [0.2, 0.25) is 0 Å². The number of aromatic nitrogens is 1. The van der Waals surface area contributed by atoms with E-state index in [0.717, 1.165) is 31.7 Å². The van der Waals surface area contributed by atoms with Crippen LogP contribution >= 0.6 is 0 Å². The van der Waals surface area contributed by atoms with Crippen molar-refractivity contribution < 1.29 is 4.79 Å². The van der Waals surface area contributed by atoms with E-state index in [1.54, 1.807) is 6.20 Å². The van der Waals surface area contributed by atoms with Crippen LogP contribution in [0.15, 0.2) is 48.7 Å². The molecule has 1 unspecified atom stereocenters. The number of para-hydroxylation sites is 1. The zero-order valence-electron chi connectivity index (χ0n) is 15.2. The van der Waals surface area contributed by atoms with Gasteiger partial charge in [0.25, 0.3) is 5.91 Å². The van der Waals surface area contributed by atoms with Crippen LogP contribution in [0.3, 0.4) is 0 Å². The number of anilines is 2. The second-order valence-electron chi connectivity index (χ2n) is 6.64. The number of hydrogen-bond acceptors (Lipinski definition) is 4. The maximum atomic E-state index is 13.0. The zero-order chi connectivity index (χ0) is 17.8. The average molecular weight is 338 g/mol. The molecule has 0 radical (unpaired) electrons. The number of carbonyl (C=O) groups is 1. The molecule has 1 aromatic heterocycles. The molecule has 1 saturated heterocycles. The van der Waals surface area contributed by atoms with Gasteiger partial charge in [-0.25, -0.2) is 0 Å². The van der Waals surface area contributed by atoms with Gasteiger partial charge in [0.1, 0.15) is 5.69 Å². The Hall–Kier alpha value is -2.56. The van der Waals surface area contributed by atoms with E-state index in [1.807, 2.05) is 42.1 Å². The highest BCUT2D eigenvalue weighted by Gasteiger charge is 2.30. The number of rotatable bonds is 4. The van der Waals surface area contributed by atoms with Gasteiger partial charge in [0.15, 0.2) is 0 Å². The Morgan fingerprint density at radius 3 is 2.64 bits per heavy atom. The largest absolute Gasteiger partial charge is 0.378 e. The third-order valence-electron chi connectivity index (χ3n) is 4.82. The summed E-state index contributed by atoms with van der Waals surface area (Å²) in [6.07, 6.45) is 2.65. The molecule has 1 aliphatic heterocycles. The zero-order valence-corrected chi connectivity index (χ0v) is 15.2. The van der Waals surface area contributed by atoms with Crippen molar-refractivity contribution in [3.63, 3.8) is 0 Å². The van der Waals surface area contributed by atoms with Gasteiger partial charge < -0.3 is 14.7 Å². The summed E-state index contributed by atoms with van der Waals surface area (Å²) in [4.78, 5) is 23.7. The Bertz CT molecular complexity index is 717. The third kappa shape index (κ3) is 3.76. The van der Waals surface area contributed by atoms with Crippen LogP contribution in [0.4, 0.5) is 11.4 Å². The van der Waals surface area contributed by atoms with Gasteiger partial charge in [-0.05, 0) is 30.7 Å². The Labute approximate surface area is 149 Å². The molecule has 5 heteroatoms. The fourth-order valence-electron chi connectivity index (χ4n) is 3.31. The van der Waals surface area contributed by atoms with Crippen LogP contribution in [0, 0.1) is 0 Å². The first kappa shape index (κ1) is 17.3. The average Bonchev–Trinajstić information content (AvgIpc) is 2.67. The molecule has 25 heavy (non-hydrogen) atoms. The summed E-state index contributed by atoms with van der Waals surface area (Å²) in [6, 6.07) is 14.4. The lowest BCUT2D eigenvalue weighted by atomic mass is 10.1. The highest BCUT2D eigenvalue weighted by molar-refractivity contribution is 5.93. The van der Waals surface area contributed by atoms with Crippen molar-refractivity contribution in [2.75, 3.05) is 43.5 Å². The number of benzene rings is 1. The Balaban J connectivity index is 1.76. The normalized spacial score (nSPS) is 17.5. The molecule has 3 rings (SSSR count). The summed E-state index contributed by atoms with van der Waals surface area (Å²) < 4.78 is 0. The van der Waals surface area contributed by atoms with Gasteiger partial charge in [0.05, 0.1) is 0 Å². The molecule has 5 nitrogen and oxygen atoms in total. The highest BCUT2D eigenvalue weighted by atomic mass is 16.2. The highest BCUT2D eigenvalue weighted by Crippen LogP contribution is 2.22. The molecule has 2 aromatic rings. The van der Waals surface area contributed by atoms with Crippen LogP contribution in [0.25, 0.3) is 0 Å². The third-order valence-corrected chi connectivity index (χ3v) is 4.82. The van der Waals surface area contributed by atoms with Gasteiger partial charge >= 0.3 is 0 Å². The smallest absolute Gasteiger partial charge is 0.272 e. The minimum atomic E-state index is 0.0308. The summed E-state index contributed by atoms with van der Waals surface area (Å²) >= 11 is 0. The maximum absolute atomic E-state index is 13.0. The molecule has 0 saturated carbocycles. The molecule has 0 aliphatic carbocycles. The number of carbonyl (C=O) groups excluding carboxylic acids is 1. The summed E-state index contributed by atoms with van der Waals surface area (Å²) in [7, 11) is 3.94. The lowest BCUT2D eigenvalue weighted by Gasteiger charge is -2.42. The summed E-state index contributed by atoms with van der Waals surface area (Å²) in [6.45, 7) is 4.57. The number of hydrogen-bond donors (Lipinski definition) is 0. The first-order valence-electron chi connectivity index (χ1n) is 8.84.